The predicted molar refractivity (Wildman–Crippen MR) is 108 cm³/mol. The van der Waals surface area contributed by atoms with Crippen LogP contribution >= 0.6 is 11.6 Å². The third kappa shape index (κ3) is 5.96. The Kier molecular flexibility index (Phi) is 6.94. The van der Waals surface area contributed by atoms with E-state index in [4.69, 9.17) is 16.1 Å². The third-order valence-electron chi connectivity index (χ3n) is 4.14. The summed E-state index contributed by atoms with van der Waals surface area (Å²) in [7, 11) is 1.58. The lowest BCUT2D eigenvalue weighted by Gasteiger charge is -2.12. The second-order valence-corrected chi connectivity index (χ2v) is 6.76. The minimum Gasteiger partial charge on any atom is -0.356 e. The molecule has 0 bridgehead atoms. The summed E-state index contributed by atoms with van der Waals surface area (Å²) in [4.78, 5) is 8.39. The van der Waals surface area contributed by atoms with Crippen molar-refractivity contribution >= 4 is 17.6 Å². The highest BCUT2D eigenvalue weighted by molar-refractivity contribution is 6.30. The van der Waals surface area contributed by atoms with E-state index in [1.54, 1.807) is 37.4 Å². The summed E-state index contributed by atoms with van der Waals surface area (Å²) in [5.74, 6) is 1.36. The molecule has 0 aliphatic rings. The Hall–Kier alpha value is -3.07. The molecule has 10 heteroatoms. The van der Waals surface area contributed by atoms with Crippen molar-refractivity contribution in [1.82, 2.24) is 20.8 Å². The average molecular weight is 438 g/mol. The number of alkyl halides is 3. The summed E-state index contributed by atoms with van der Waals surface area (Å²) in [5, 5.41) is 10.6. The van der Waals surface area contributed by atoms with E-state index >= 15 is 0 Å². The Labute approximate surface area is 176 Å². The molecule has 0 saturated heterocycles. The summed E-state index contributed by atoms with van der Waals surface area (Å²) in [6.45, 7) is 0.648. The summed E-state index contributed by atoms with van der Waals surface area (Å²) >= 11 is 5.87. The van der Waals surface area contributed by atoms with Crippen molar-refractivity contribution in [3.8, 4) is 11.4 Å². The molecule has 0 atom stereocenters. The van der Waals surface area contributed by atoms with E-state index < -0.39 is 11.7 Å². The van der Waals surface area contributed by atoms with Crippen LogP contribution in [0.4, 0.5) is 13.2 Å². The van der Waals surface area contributed by atoms with E-state index in [9.17, 15) is 13.2 Å². The maximum absolute atomic E-state index is 12.8. The third-order valence-corrected chi connectivity index (χ3v) is 4.39. The van der Waals surface area contributed by atoms with Gasteiger partial charge >= 0.3 is 6.18 Å². The zero-order chi connectivity index (χ0) is 21.6. The molecule has 0 spiro atoms. The van der Waals surface area contributed by atoms with Gasteiger partial charge in [0.05, 0.1) is 5.56 Å². The van der Waals surface area contributed by atoms with Crippen molar-refractivity contribution in [3.63, 3.8) is 0 Å². The smallest absolute Gasteiger partial charge is 0.356 e. The standard InChI is InChI=1S/C20H19ClF3N5O/c1-25-19(27-12-13-3-2-4-15(11-13)20(22,23)24)26-10-9-17-28-18(29-30-17)14-5-7-16(21)8-6-14/h2-8,11H,9-10,12H2,1H3,(H2,25,26,27). The summed E-state index contributed by atoms with van der Waals surface area (Å²) in [6.07, 6.45) is -3.92. The minimum absolute atomic E-state index is 0.199. The number of nitrogens with one attached hydrogen (secondary N) is 2. The van der Waals surface area contributed by atoms with Crippen LogP contribution in [0.15, 0.2) is 58.0 Å². The molecule has 0 saturated carbocycles. The Balaban J connectivity index is 1.49. The number of aliphatic imine (C=N–C) groups is 1. The number of aromatic nitrogens is 2. The first-order valence-electron chi connectivity index (χ1n) is 9.04. The largest absolute Gasteiger partial charge is 0.416 e. The Morgan fingerprint density at radius 2 is 1.90 bits per heavy atom. The van der Waals surface area contributed by atoms with E-state index in [1.807, 2.05) is 0 Å². The molecule has 1 aromatic heterocycles. The van der Waals surface area contributed by atoms with Crippen LogP contribution in [-0.4, -0.2) is 29.7 Å². The van der Waals surface area contributed by atoms with Crippen molar-refractivity contribution in [2.24, 2.45) is 4.99 Å². The number of nitrogens with zero attached hydrogens (tertiary/aromatic N) is 3. The molecular formula is C20H19ClF3N5O. The molecule has 1 heterocycles. The van der Waals surface area contributed by atoms with Crippen LogP contribution in [0.3, 0.4) is 0 Å². The lowest BCUT2D eigenvalue weighted by atomic mass is 10.1. The molecule has 0 radical (unpaired) electrons. The van der Waals surface area contributed by atoms with Gasteiger partial charge in [-0.2, -0.15) is 18.2 Å². The van der Waals surface area contributed by atoms with Gasteiger partial charge in [0.25, 0.3) is 0 Å². The maximum Gasteiger partial charge on any atom is 0.416 e. The SMILES string of the molecule is CN=C(NCCc1nc(-c2ccc(Cl)cc2)no1)NCc1cccc(C(F)(F)F)c1. The van der Waals surface area contributed by atoms with Crippen LogP contribution in [0.25, 0.3) is 11.4 Å². The van der Waals surface area contributed by atoms with E-state index in [1.165, 1.54) is 6.07 Å². The first-order valence-corrected chi connectivity index (χ1v) is 9.42. The highest BCUT2D eigenvalue weighted by atomic mass is 35.5. The normalized spacial score (nSPS) is 12.1. The summed E-state index contributed by atoms with van der Waals surface area (Å²) in [6, 6.07) is 12.2. The zero-order valence-corrected chi connectivity index (χ0v) is 16.8. The predicted octanol–water partition coefficient (Wildman–Crippen LogP) is 4.32. The van der Waals surface area contributed by atoms with E-state index in [-0.39, 0.29) is 6.54 Å². The van der Waals surface area contributed by atoms with Gasteiger partial charge in [0.2, 0.25) is 11.7 Å². The zero-order valence-electron chi connectivity index (χ0n) is 16.0. The van der Waals surface area contributed by atoms with E-state index in [0.717, 1.165) is 17.7 Å². The number of benzene rings is 2. The fourth-order valence-electron chi connectivity index (χ4n) is 2.62. The topological polar surface area (TPSA) is 75.3 Å². The molecule has 0 unspecified atom stereocenters. The number of rotatable bonds is 6. The van der Waals surface area contributed by atoms with Crippen molar-refractivity contribution in [2.45, 2.75) is 19.1 Å². The van der Waals surface area contributed by atoms with Crippen LogP contribution in [-0.2, 0) is 19.1 Å². The van der Waals surface area contributed by atoms with Crippen molar-refractivity contribution < 1.29 is 17.7 Å². The van der Waals surface area contributed by atoms with Gasteiger partial charge in [-0.3, -0.25) is 4.99 Å². The summed E-state index contributed by atoms with van der Waals surface area (Å²) in [5.41, 5.74) is 0.607. The fourth-order valence-corrected chi connectivity index (χ4v) is 2.75. The van der Waals surface area contributed by atoms with Gasteiger partial charge < -0.3 is 15.2 Å². The molecule has 2 N–H and O–H groups in total. The first kappa shape index (κ1) is 21.6. The highest BCUT2D eigenvalue weighted by Gasteiger charge is 2.30. The first-order chi connectivity index (χ1) is 14.3. The minimum atomic E-state index is -4.37. The maximum atomic E-state index is 12.8. The molecular weight excluding hydrogens is 419 g/mol. The molecule has 0 aliphatic carbocycles. The molecule has 3 aromatic rings. The van der Waals surface area contributed by atoms with Crippen molar-refractivity contribution in [1.29, 1.82) is 0 Å². The van der Waals surface area contributed by atoms with Crippen LogP contribution in [0.5, 0.6) is 0 Å². The monoisotopic (exact) mass is 437 g/mol. The van der Waals surface area contributed by atoms with Crippen LogP contribution < -0.4 is 10.6 Å². The molecule has 0 fully saturated rings. The van der Waals surface area contributed by atoms with Crippen molar-refractivity contribution in [3.05, 3.63) is 70.6 Å². The quantitative estimate of drug-likeness (QED) is 0.444. The van der Waals surface area contributed by atoms with Crippen LogP contribution in [0.1, 0.15) is 17.0 Å². The van der Waals surface area contributed by atoms with Gasteiger partial charge in [-0.15, -0.1) is 0 Å². The van der Waals surface area contributed by atoms with Gasteiger partial charge in [0.15, 0.2) is 5.96 Å². The lowest BCUT2D eigenvalue weighted by molar-refractivity contribution is -0.137. The number of guanidine groups is 1. The molecule has 3 rings (SSSR count). The molecule has 158 valence electrons. The van der Waals surface area contributed by atoms with Crippen LogP contribution in [0, 0.1) is 0 Å². The van der Waals surface area contributed by atoms with Gasteiger partial charge in [0, 0.05) is 37.1 Å². The highest BCUT2D eigenvalue weighted by Crippen LogP contribution is 2.29. The van der Waals surface area contributed by atoms with Gasteiger partial charge in [-0.25, -0.2) is 0 Å². The number of halogens is 4. The Bertz CT molecular complexity index is 1000. The fraction of sp³-hybridized carbons (Fsp3) is 0.250. The van der Waals surface area contributed by atoms with Crippen molar-refractivity contribution in [2.75, 3.05) is 13.6 Å². The summed E-state index contributed by atoms with van der Waals surface area (Å²) < 4.78 is 43.7. The van der Waals surface area contributed by atoms with Crippen LogP contribution in [0.2, 0.25) is 5.02 Å². The second kappa shape index (κ2) is 9.62. The number of hydrogen-bond donors (Lipinski definition) is 2. The lowest BCUT2D eigenvalue weighted by Crippen LogP contribution is -2.37. The molecule has 0 amide bonds. The van der Waals surface area contributed by atoms with E-state index in [0.29, 0.717) is 41.2 Å². The second-order valence-electron chi connectivity index (χ2n) is 6.32. The molecule has 2 aromatic carbocycles. The van der Waals surface area contributed by atoms with E-state index in [2.05, 4.69) is 25.8 Å². The Morgan fingerprint density at radius 3 is 2.60 bits per heavy atom. The molecule has 6 nitrogen and oxygen atoms in total. The number of hydrogen-bond acceptors (Lipinski definition) is 4. The van der Waals surface area contributed by atoms with Gasteiger partial charge in [0.1, 0.15) is 0 Å². The molecule has 30 heavy (non-hydrogen) atoms. The Morgan fingerprint density at radius 1 is 1.13 bits per heavy atom. The van der Waals surface area contributed by atoms with Gasteiger partial charge in [-0.1, -0.05) is 28.9 Å². The molecule has 0 aliphatic heterocycles. The average Bonchev–Trinajstić information content (AvgIpc) is 3.19. The van der Waals surface area contributed by atoms with Gasteiger partial charge in [-0.05, 0) is 42.0 Å².